The van der Waals surface area contributed by atoms with Crippen molar-refractivity contribution in [2.24, 2.45) is 0 Å². The predicted octanol–water partition coefficient (Wildman–Crippen LogP) is 1.07. The fourth-order valence-corrected chi connectivity index (χ4v) is 2.19. The van der Waals surface area contributed by atoms with Gasteiger partial charge in [-0.25, -0.2) is 0 Å². The highest BCUT2D eigenvalue weighted by Gasteiger charge is 2.18. The smallest absolute Gasteiger partial charge is 0.274 e. The lowest BCUT2D eigenvalue weighted by molar-refractivity contribution is 0.0803. The van der Waals surface area contributed by atoms with Crippen molar-refractivity contribution in [3.05, 3.63) is 30.6 Å². The maximum Gasteiger partial charge on any atom is 0.274 e. The van der Waals surface area contributed by atoms with Crippen LogP contribution in [0.3, 0.4) is 0 Å². The van der Waals surface area contributed by atoms with Crippen LogP contribution in [0, 0.1) is 0 Å². The lowest BCUT2D eigenvalue weighted by Crippen LogP contribution is -2.32. The number of nitrogens with one attached hydrogen (secondary N) is 1. The van der Waals surface area contributed by atoms with E-state index < -0.39 is 0 Å². The summed E-state index contributed by atoms with van der Waals surface area (Å²) >= 11 is 0. The van der Waals surface area contributed by atoms with Crippen LogP contribution < -0.4 is 5.32 Å². The monoisotopic (exact) mass is 248 g/mol. The van der Waals surface area contributed by atoms with Gasteiger partial charge in [0, 0.05) is 26.3 Å². The number of hydrogen-bond donors (Lipinski definition) is 1. The van der Waals surface area contributed by atoms with Gasteiger partial charge in [-0.1, -0.05) is 6.08 Å². The molecule has 5 heteroatoms. The summed E-state index contributed by atoms with van der Waals surface area (Å²) < 4.78 is 1.90. The standard InChI is InChI=1S/C13H20N4O/c1-3-8-16(2)13(18)12-6-9-17(15-12)11-5-4-7-14-10-11/h3,6,9,11,14H,1,4-5,7-8,10H2,2H3/t11-/m0/s1. The zero-order valence-corrected chi connectivity index (χ0v) is 10.8. The SMILES string of the molecule is C=CCN(C)C(=O)c1ccn([C@H]2CCCNC2)n1. The highest BCUT2D eigenvalue weighted by atomic mass is 16.2. The Morgan fingerprint density at radius 1 is 1.78 bits per heavy atom. The van der Waals surface area contributed by atoms with Crippen molar-refractivity contribution in [3.8, 4) is 0 Å². The fraction of sp³-hybridized carbons (Fsp3) is 0.538. The van der Waals surface area contributed by atoms with Gasteiger partial charge in [-0.3, -0.25) is 9.48 Å². The summed E-state index contributed by atoms with van der Waals surface area (Å²) in [5.74, 6) is -0.0579. The third-order valence-electron chi connectivity index (χ3n) is 3.22. The van der Waals surface area contributed by atoms with E-state index in [0.717, 1.165) is 25.9 Å². The van der Waals surface area contributed by atoms with E-state index >= 15 is 0 Å². The second kappa shape index (κ2) is 5.82. The molecule has 0 aliphatic carbocycles. The number of aromatic nitrogens is 2. The van der Waals surface area contributed by atoms with Crippen molar-refractivity contribution in [1.29, 1.82) is 0 Å². The molecule has 0 saturated carbocycles. The molecule has 5 nitrogen and oxygen atoms in total. The van der Waals surface area contributed by atoms with Crippen molar-refractivity contribution in [3.63, 3.8) is 0 Å². The minimum absolute atomic E-state index is 0.0579. The van der Waals surface area contributed by atoms with Crippen molar-refractivity contribution in [1.82, 2.24) is 20.0 Å². The van der Waals surface area contributed by atoms with E-state index in [2.05, 4.69) is 17.0 Å². The van der Waals surface area contributed by atoms with E-state index in [1.165, 1.54) is 0 Å². The molecule has 1 atom stereocenters. The molecule has 1 aliphatic rings. The second-order valence-corrected chi connectivity index (χ2v) is 4.66. The number of piperidine rings is 1. The third kappa shape index (κ3) is 2.79. The first kappa shape index (κ1) is 12.8. The summed E-state index contributed by atoms with van der Waals surface area (Å²) in [5.41, 5.74) is 0.505. The van der Waals surface area contributed by atoms with E-state index in [0.29, 0.717) is 18.3 Å². The molecule has 0 aromatic carbocycles. The van der Waals surface area contributed by atoms with Crippen LogP contribution in [0.25, 0.3) is 0 Å². The van der Waals surface area contributed by atoms with Gasteiger partial charge in [0.15, 0.2) is 0 Å². The van der Waals surface area contributed by atoms with Crippen LogP contribution in [-0.4, -0.2) is 47.3 Å². The first-order chi connectivity index (χ1) is 8.72. The zero-order chi connectivity index (χ0) is 13.0. The Morgan fingerprint density at radius 2 is 2.61 bits per heavy atom. The Kier molecular flexibility index (Phi) is 4.15. The Hall–Kier alpha value is -1.62. The minimum atomic E-state index is -0.0579. The number of carbonyl (C=O) groups is 1. The molecule has 18 heavy (non-hydrogen) atoms. The van der Waals surface area contributed by atoms with Crippen molar-refractivity contribution < 1.29 is 4.79 Å². The lowest BCUT2D eigenvalue weighted by Gasteiger charge is -2.23. The van der Waals surface area contributed by atoms with Gasteiger partial charge in [-0.2, -0.15) is 5.10 Å². The van der Waals surface area contributed by atoms with Gasteiger partial charge < -0.3 is 10.2 Å². The summed E-state index contributed by atoms with van der Waals surface area (Å²) in [6, 6.07) is 2.15. The molecule has 1 N–H and O–H groups in total. The predicted molar refractivity (Wildman–Crippen MR) is 70.5 cm³/mol. The van der Waals surface area contributed by atoms with E-state index in [1.807, 2.05) is 10.9 Å². The normalized spacial score (nSPS) is 19.5. The van der Waals surface area contributed by atoms with Crippen LogP contribution in [-0.2, 0) is 0 Å². The van der Waals surface area contributed by atoms with Gasteiger partial charge in [-0.05, 0) is 25.5 Å². The Morgan fingerprint density at radius 3 is 3.28 bits per heavy atom. The third-order valence-corrected chi connectivity index (χ3v) is 3.22. The maximum absolute atomic E-state index is 12.0. The molecule has 2 rings (SSSR count). The zero-order valence-electron chi connectivity index (χ0n) is 10.8. The van der Waals surface area contributed by atoms with Crippen LogP contribution >= 0.6 is 0 Å². The highest BCUT2D eigenvalue weighted by molar-refractivity contribution is 5.92. The number of rotatable bonds is 4. The Balaban J connectivity index is 2.04. The van der Waals surface area contributed by atoms with Gasteiger partial charge >= 0.3 is 0 Å². The average molecular weight is 248 g/mol. The first-order valence-electron chi connectivity index (χ1n) is 6.34. The maximum atomic E-state index is 12.0. The molecular formula is C13H20N4O. The molecule has 0 unspecified atom stereocenters. The van der Waals surface area contributed by atoms with Gasteiger partial charge in [-0.15, -0.1) is 6.58 Å². The molecule has 1 amide bonds. The van der Waals surface area contributed by atoms with E-state index in [-0.39, 0.29) is 5.91 Å². The topological polar surface area (TPSA) is 50.2 Å². The summed E-state index contributed by atoms with van der Waals surface area (Å²) in [4.78, 5) is 13.6. The number of carbonyl (C=O) groups excluding carboxylic acids is 1. The van der Waals surface area contributed by atoms with Crippen LogP contribution in [0.4, 0.5) is 0 Å². The van der Waals surface area contributed by atoms with Crippen LogP contribution in [0.15, 0.2) is 24.9 Å². The van der Waals surface area contributed by atoms with Crippen LogP contribution in [0.1, 0.15) is 29.4 Å². The molecule has 2 heterocycles. The fourth-order valence-electron chi connectivity index (χ4n) is 2.19. The summed E-state index contributed by atoms with van der Waals surface area (Å²) in [7, 11) is 1.76. The van der Waals surface area contributed by atoms with E-state index in [4.69, 9.17) is 0 Å². The molecule has 1 saturated heterocycles. The van der Waals surface area contributed by atoms with Crippen LogP contribution in [0.2, 0.25) is 0 Å². The number of nitrogens with zero attached hydrogens (tertiary/aromatic N) is 3. The van der Waals surface area contributed by atoms with Crippen molar-refractivity contribution >= 4 is 5.91 Å². The van der Waals surface area contributed by atoms with Gasteiger partial charge in [0.05, 0.1) is 6.04 Å². The minimum Gasteiger partial charge on any atom is -0.337 e. The van der Waals surface area contributed by atoms with E-state index in [1.54, 1.807) is 24.1 Å². The van der Waals surface area contributed by atoms with Gasteiger partial charge in [0.2, 0.25) is 0 Å². The summed E-state index contributed by atoms with van der Waals surface area (Å²) in [6.45, 7) is 6.17. The molecule has 1 aliphatic heterocycles. The van der Waals surface area contributed by atoms with Gasteiger partial charge in [0.1, 0.15) is 5.69 Å². The molecule has 1 aromatic rings. The average Bonchev–Trinajstić information content (AvgIpc) is 2.89. The highest BCUT2D eigenvalue weighted by Crippen LogP contribution is 2.16. The number of hydrogen-bond acceptors (Lipinski definition) is 3. The first-order valence-corrected chi connectivity index (χ1v) is 6.34. The lowest BCUT2D eigenvalue weighted by atomic mass is 10.1. The molecule has 0 bridgehead atoms. The largest absolute Gasteiger partial charge is 0.337 e. The Bertz CT molecular complexity index is 420. The Labute approximate surface area is 107 Å². The number of amides is 1. The number of likely N-dealkylation sites (N-methyl/N-ethyl adjacent to an activating group) is 1. The van der Waals surface area contributed by atoms with E-state index in [9.17, 15) is 4.79 Å². The van der Waals surface area contributed by atoms with Gasteiger partial charge in [0.25, 0.3) is 5.91 Å². The quantitative estimate of drug-likeness (QED) is 0.811. The summed E-state index contributed by atoms with van der Waals surface area (Å²) in [6.07, 6.45) is 5.88. The molecule has 1 fully saturated rings. The molecule has 98 valence electrons. The molecule has 1 aromatic heterocycles. The summed E-state index contributed by atoms with van der Waals surface area (Å²) in [5, 5.41) is 7.73. The van der Waals surface area contributed by atoms with Crippen molar-refractivity contribution in [2.75, 3.05) is 26.7 Å². The molecule has 0 spiro atoms. The molecular weight excluding hydrogens is 228 g/mol. The van der Waals surface area contributed by atoms with Crippen LogP contribution in [0.5, 0.6) is 0 Å². The second-order valence-electron chi connectivity index (χ2n) is 4.66. The molecule has 0 radical (unpaired) electrons. The van der Waals surface area contributed by atoms with Crippen molar-refractivity contribution in [2.45, 2.75) is 18.9 Å².